The number of hydrogen-bond acceptors (Lipinski definition) is 6. The average Bonchev–Trinajstić information content (AvgIpc) is 3.60. The van der Waals surface area contributed by atoms with Gasteiger partial charge in [-0.1, -0.05) is 18.2 Å². The fraction of sp³-hybridized carbons (Fsp3) is 0.296. The Morgan fingerprint density at radius 1 is 1.14 bits per heavy atom. The van der Waals surface area contributed by atoms with Crippen molar-refractivity contribution in [3.63, 3.8) is 0 Å². The van der Waals surface area contributed by atoms with Crippen LogP contribution in [0, 0.1) is 0 Å². The molecule has 4 heterocycles. The number of ether oxygens (including phenoxy) is 1. The summed E-state index contributed by atoms with van der Waals surface area (Å²) < 4.78 is 8.09. The van der Waals surface area contributed by atoms with Crippen molar-refractivity contribution in [1.29, 1.82) is 0 Å². The molecular weight excluding hydrogens is 458 g/mol. The number of pyridine rings is 1. The number of para-hydroxylation sites is 1. The van der Waals surface area contributed by atoms with Gasteiger partial charge >= 0.3 is 0 Å². The molecule has 0 aliphatic carbocycles. The van der Waals surface area contributed by atoms with Crippen LogP contribution < -0.4 is 10.2 Å². The zero-order valence-corrected chi connectivity index (χ0v) is 20.7. The molecular formula is C27H29N5O2S. The number of hydrogen-bond donors (Lipinski definition) is 1. The summed E-state index contributed by atoms with van der Waals surface area (Å²) in [6.07, 6.45) is 6.59. The number of anilines is 2. The normalized spacial score (nSPS) is 17.7. The van der Waals surface area contributed by atoms with Crippen LogP contribution in [0.4, 0.5) is 10.8 Å². The largest absolute Gasteiger partial charge is 0.374 e. The van der Waals surface area contributed by atoms with E-state index < -0.39 is 0 Å². The van der Waals surface area contributed by atoms with E-state index in [-0.39, 0.29) is 24.2 Å². The van der Waals surface area contributed by atoms with Crippen molar-refractivity contribution in [2.75, 3.05) is 16.8 Å². The van der Waals surface area contributed by atoms with Gasteiger partial charge in [-0.3, -0.25) is 15.1 Å². The molecule has 1 amide bonds. The fourth-order valence-electron chi connectivity index (χ4n) is 4.57. The zero-order chi connectivity index (χ0) is 24.2. The molecule has 3 aromatic heterocycles. The molecule has 0 bridgehead atoms. The summed E-state index contributed by atoms with van der Waals surface area (Å²) in [6, 6.07) is 18.1. The molecule has 1 aromatic carbocycles. The molecule has 0 unspecified atom stereocenters. The molecule has 180 valence electrons. The van der Waals surface area contributed by atoms with Crippen LogP contribution in [0.5, 0.6) is 0 Å². The van der Waals surface area contributed by atoms with Crippen LogP contribution in [0.2, 0.25) is 0 Å². The first-order valence-corrected chi connectivity index (χ1v) is 12.7. The first kappa shape index (κ1) is 23.3. The Kier molecular flexibility index (Phi) is 6.92. The van der Waals surface area contributed by atoms with Crippen LogP contribution in [0.1, 0.15) is 48.1 Å². The van der Waals surface area contributed by atoms with Crippen LogP contribution in [0.15, 0.2) is 78.6 Å². The van der Waals surface area contributed by atoms with Gasteiger partial charge in [-0.2, -0.15) is 0 Å². The third-order valence-corrected chi connectivity index (χ3v) is 6.84. The first-order chi connectivity index (χ1) is 17.1. The number of thiazole rings is 1. The van der Waals surface area contributed by atoms with Crippen LogP contribution in [0.25, 0.3) is 0 Å². The molecule has 1 fully saturated rings. The lowest BCUT2D eigenvalue weighted by atomic mass is 10.1. The minimum Gasteiger partial charge on any atom is -0.374 e. The van der Waals surface area contributed by atoms with Crippen molar-refractivity contribution >= 4 is 28.1 Å². The number of nitrogens with zero attached hydrogens (tertiary/aromatic N) is 4. The van der Waals surface area contributed by atoms with E-state index in [4.69, 9.17) is 9.72 Å². The summed E-state index contributed by atoms with van der Waals surface area (Å²) >= 11 is 1.46. The molecule has 4 aromatic rings. The maximum Gasteiger partial charge on any atom is 0.274 e. The Labute approximate surface area is 209 Å². The van der Waals surface area contributed by atoms with Crippen molar-refractivity contribution in [2.24, 2.45) is 0 Å². The first-order valence-electron chi connectivity index (χ1n) is 11.8. The van der Waals surface area contributed by atoms with Crippen LogP contribution >= 0.6 is 11.3 Å². The van der Waals surface area contributed by atoms with Crippen molar-refractivity contribution < 1.29 is 9.53 Å². The summed E-state index contributed by atoms with van der Waals surface area (Å²) in [5.41, 5.74) is 3.79. The van der Waals surface area contributed by atoms with Crippen molar-refractivity contribution in [3.8, 4) is 0 Å². The molecule has 2 atom stereocenters. The van der Waals surface area contributed by atoms with E-state index in [1.807, 2.05) is 46.5 Å². The summed E-state index contributed by atoms with van der Waals surface area (Å²) in [5, 5.41) is 5.64. The van der Waals surface area contributed by atoms with Crippen LogP contribution in [-0.4, -0.2) is 39.2 Å². The van der Waals surface area contributed by atoms with Gasteiger partial charge in [-0.25, -0.2) is 4.98 Å². The van der Waals surface area contributed by atoms with Gasteiger partial charge in [0.1, 0.15) is 5.69 Å². The number of benzene rings is 1. The summed E-state index contributed by atoms with van der Waals surface area (Å²) in [4.78, 5) is 24.3. The van der Waals surface area contributed by atoms with E-state index in [1.165, 1.54) is 11.3 Å². The quantitative estimate of drug-likeness (QED) is 0.361. The highest BCUT2D eigenvalue weighted by molar-refractivity contribution is 7.14. The van der Waals surface area contributed by atoms with E-state index in [0.29, 0.717) is 17.4 Å². The molecule has 1 aliphatic heterocycles. The lowest BCUT2D eigenvalue weighted by molar-refractivity contribution is 0.0193. The summed E-state index contributed by atoms with van der Waals surface area (Å²) in [5.74, 6) is -0.169. The fourth-order valence-corrected chi connectivity index (χ4v) is 5.32. The summed E-state index contributed by atoms with van der Waals surface area (Å²) in [7, 11) is 0. The van der Waals surface area contributed by atoms with Gasteiger partial charge in [0.05, 0.1) is 23.9 Å². The number of amides is 1. The van der Waals surface area contributed by atoms with Crippen LogP contribution in [-0.2, 0) is 11.3 Å². The van der Waals surface area contributed by atoms with Crippen molar-refractivity contribution in [3.05, 3.63) is 95.5 Å². The molecule has 7 nitrogen and oxygen atoms in total. The molecule has 1 N–H and O–H groups in total. The Morgan fingerprint density at radius 3 is 2.71 bits per heavy atom. The molecule has 0 spiro atoms. The molecule has 1 aliphatic rings. The van der Waals surface area contributed by atoms with Gasteiger partial charge in [0, 0.05) is 49.2 Å². The number of aromatic nitrogens is 3. The highest BCUT2D eigenvalue weighted by Gasteiger charge is 2.36. The van der Waals surface area contributed by atoms with Gasteiger partial charge in [0.2, 0.25) is 0 Å². The van der Waals surface area contributed by atoms with E-state index >= 15 is 0 Å². The molecule has 0 radical (unpaired) electrons. The Balaban J connectivity index is 1.31. The molecule has 0 saturated carbocycles. The number of carbonyl (C=O) groups is 1. The number of rotatable bonds is 8. The van der Waals surface area contributed by atoms with Crippen molar-refractivity contribution in [2.45, 2.75) is 45.1 Å². The maximum atomic E-state index is 13.1. The zero-order valence-electron chi connectivity index (χ0n) is 19.9. The van der Waals surface area contributed by atoms with Crippen LogP contribution in [0.3, 0.4) is 0 Å². The molecule has 8 heteroatoms. The van der Waals surface area contributed by atoms with Gasteiger partial charge in [-0.05, 0) is 55.8 Å². The highest BCUT2D eigenvalue weighted by atomic mass is 32.1. The minimum atomic E-state index is -0.169. The van der Waals surface area contributed by atoms with E-state index in [2.05, 4.69) is 53.3 Å². The van der Waals surface area contributed by atoms with Gasteiger partial charge in [0.15, 0.2) is 5.13 Å². The highest BCUT2D eigenvalue weighted by Crippen LogP contribution is 2.38. The number of nitrogens with one attached hydrogen (secondary N) is 1. The molecule has 35 heavy (non-hydrogen) atoms. The van der Waals surface area contributed by atoms with Gasteiger partial charge in [-0.15, -0.1) is 11.3 Å². The predicted molar refractivity (Wildman–Crippen MR) is 139 cm³/mol. The second kappa shape index (κ2) is 10.4. The predicted octanol–water partition coefficient (Wildman–Crippen LogP) is 5.39. The average molecular weight is 488 g/mol. The third-order valence-electron chi connectivity index (χ3n) is 6.06. The Bertz CT molecular complexity index is 1250. The summed E-state index contributed by atoms with van der Waals surface area (Å²) in [6.45, 7) is 5.56. The van der Waals surface area contributed by atoms with E-state index in [1.54, 1.807) is 12.4 Å². The molecule has 1 saturated heterocycles. The van der Waals surface area contributed by atoms with Gasteiger partial charge < -0.3 is 14.2 Å². The monoisotopic (exact) mass is 487 g/mol. The molecule has 5 rings (SSSR count). The van der Waals surface area contributed by atoms with Crippen molar-refractivity contribution in [1.82, 2.24) is 14.5 Å². The SMILES string of the molecule is CC(C)O[C@@H]1C[C@H](c2csc(NC(=O)c3cccn3Cc3ccncc3)n2)N(c2ccccc2)C1. The standard InChI is InChI=1S/C27H29N5O2S/c1-19(2)34-22-15-25(32(17-22)21-7-4-3-5-8-21)23-18-35-27(29-23)30-26(33)24-9-6-14-31(24)16-20-10-12-28-13-11-20/h3-14,18-19,22,25H,15-17H2,1-2H3,(H,29,30,33)/t22-,25-/m1/s1. The number of carbonyl (C=O) groups excluding carboxylic acids is 1. The van der Waals surface area contributed by atoms with E-state index in [9.17, 15) is 4.79 Å². The second-order valence-electron chi connectivity index (χ2n) is 8.95. The smallest absolute Gasteiger partial charge is 0.274 e. The lowest BCUT2D eigenvalue weighted by Gasteiger charge is -2.25. The lowest BCUT2D eigenvalue weighted by Crippen LogP contribution is -2.26. The Morgan fingerprint density at radius 2 is 1.94 bits per heavy atom. The second-order valence-corrected chi connectivity index (χ2v) is 9.81. The third kappa shape index (κ3) is 5.44. The minimum absolute atomic E-state index is 0.0959. The Hall–Kier alpha value is -3.49. The topological polar surface area (TPSA) is 72.3 Å². The van der Waals surface area contributed by atoms with Gasteiger partial charge in [0.25, 0.3) is 5.91 Å². The van der Waals surface area contributed by atoms with E-state index in [0.717, 1.165) is 29.9 Å². The maximum absolute atomic E-state index is 13.1.